The molecule has 0 bridgehead atoms. The fourth-order valence-corrected chi connectivity index (χ4v) is 8.00. The summed E-state index contributed by atoms with van der Waals surface area (Å²) in [6.07, 6.45) is 0. The predicted molar refractivity (Wildman–Crippen MR) is 120 cm³/mol. The summed E-state index contributed by atoms with van der Waals surface area (Å²) in [6.45, 7) is 0. The number of nitrogens with zero attached hydrogens (tertiary/aromatic N) is 1. The summed E-state index contributed by atoms with van der Waals surface area (Å²) >= 11 is 0. The molecule has 3 heteroatoms. The molecule has 0 fully saturated rings. The van der Waals surface area contributed by atoms with E-state index < -0.39 is 13.2 Å². The molecule has 0 radical (unpaired) electrons. The second-order valence-corrected chi connectivity index (χ2v) is 10.2. The van der Waals surface area contributed by atoms with E-state index in [1.165, 1.54) is 0 Å². The molecule has 4 aromatic rings. The van der Waals surface area contributed by atoms with Gasteiger partial charge in [0, 0.05) is 5.56 Å². The zero-order chi connectivity index (χ0) is 20.1. The van der Waals surface area contributed by atoms with Gasteiger partial charge >= 0.3 is 0 Å². The summed E-state index contributed by atoms with van der Waals surface area (Å²) in [5, 5.41) is 12.1. The molecule has 0 amide bonds. The first-order chi connectivity index (χ1) is 14.3. The molecule has 0 spiro atoms. The third-order valence-corrected chi connectivity index (χ3v) is 9.46. The van der Waals surface area contributed by atoms with E-state index in [0.717, 1.165) is 15.9 Å². The van der Waals surface area contributed by atoms with Crippen LogP contribution in [-0.4, -0.2) is 0 Å². The average Bonchev–Trinajstić information content (AvgIpc) is 2.82. The summed E-state index contributed by atoms with van der Waals surface area (Å²) in [6, 6.07) is 38.9. The van der Waals surface area contributed by atoms with Crippen LogP contribution >= 0.6 is 7.26 Å². The Morgan fingerprint density at radius 2 is 0.966 bits per heavy atom. The monoisotopic (exact) mass is 396 g/mol. The van der Waals surface area contributed by atoms with Crippen LogP contribution in [0.4, 0.5) is 4.39 Å². The Balaban J connectivity index is 2.03. The molecule has 29 heavy (non-hydrogen) atoms. The third kappa shape index (κ3) is 3.46. The van der Waals surface area contributed by atoms with Crippen molar-refractivity contribution in [3.63, 3.8) is 0 Å². The van der Waals surface area contributed by atoms with E-state index in [-0.39, 0.29) is 0 Å². The van der Waals surface area contributed by atoms with Crippen LogP contribution in [-0.2, 0) is 0 Å². The Hall–Kier alpha value is -3.27. The first kappa shape index (κ1) is 19.1. The largest absolute Gasteiger partial charge is 0.244 e. The van der Waals surface area contributed by atoms with Gasteiger partial charge in [-0.25, -0.2) is 0 Å². The van der Waals surface area contributed by atoms with Crippen molar-refractivity contribution < 1.29 is 4.39 Å². The van der Waals surface area contributed by atoms with Crippen molar-refractivity contribution in [2.45, 2.75) is 5.91 Å². The maximum absolute atomic E-state index is 16.7. The minimum absolute atomic E-state index is 0.531. The maximum Gasteiger partial charge on any atom is 0.244 e. The van der Waals surface area contributed by atoms with E-state index in [4.69, 9.17) is 5.26 Å². The van der Waals surface area contributed by atoms with Gasteiger partial charge in [-0.1, -0.05) is 66.7 Å². The van der Waals surface area contributed by atoms with E-state index in [9.17, 15) is 0 Å². The van der Waals surface area contributed by atoms with Gasteiger partial charge in [-0.05, 0) is 48.5 Å². The second-order valence-electron chi connectivity index (χ2n) is 6.80. The lowest BCUT2D eigenvalue weighted by Gasteiger charge is -2.30. The zero-order valence-electron chi connectivity index (χ0n) is 15.8. The third-order valence-electron chi connectivity index (χ3n) is 5.15. The van der Waals surface area contributed by atoms with Crippen molar-refractivity contribution in [3.8, 4) is 6.07 Å². The molecule has 0 N–H and O–H groups in total. The van der Waals surface area contributed by atoms with Gasteiger partial charge in [0.15, 0.2) is 7.26 Å². The maximum atomic E-state index is 16.7. The van der Waals surface area contributed by atoms with E-state index in [1.807, 2.05) is 91.0 Å². The van der Waals surface area contributed by atoms with Gasteiger partial charge in [0.1, 0.15) is 15.9 Å². The fourth-order valence-electron chi connectivity index (χ4n) is 3.77. The van der Waals surface area contributed by atoms with Crippen LogP contribution in [0.15, 0.2) is 115 Å². The second kappa shape index (κ2) is 8.39. The number of alkyl halides is 1. The summed E-state index contributed by atoms with van der Waals surface area (Å²) < 4.78 is 16.7. The smallest absolute Gasteiger partial charge is 0.196 e. The fraction of sp³-hybridized carbons (Fsp3) is 0.0385. The Morgan fingerprint density at radius 3 is 1.31 bits per heavy atom. The van der Waals surface area contributed by atoms with Crippen LogP contribution < -0.4 is 15.9 Å². The molecule has 0 heterocycles. The molecule has 4 rings (SSSR count). The van der Waals surface area contributed by atoms with Crippen molar-refractivity contribution >= 4 is 23.2 Å². The number of rotatable bonds is 5. The van der Waals surface area contributed by atoms with Crippen LogP contribution in [0, 0.1) is 11.3 Å². The number of nitriles is 1. The van der Waals surface area contributed by atoms with Crippen molar-refractivity contribution in [3.05, 3.63) is 126 Å². The summed E-state index contributed by atoms with van der Waals surface area (Å²) in [5.74, 6) is -1.23. The van der Waals surface area contributed by atoms with E-state index >= 15 is 4.39 Å². The first-order valence-electron chi connectivity index (χ1n) is 9.46. The van der Waals surface area contributed by atoms with Gasteiger partial charge in [0.2, 0.25) is 5.91 Å². The summed E-state index contributed by atoms with van der Waals surface area (Å²) in [5.41, 5.74) is 1.12. The molecule has 0 aliphatic rings. The lowest BCUT2D eigenvalue weighted by atomic mass is 10.2. The molecule has 0 aliphatic carbocycles. The van der Waals surface area contributed by atoms with Crippen LogP contribution in [0.2, 0.25) is 0 Å². The van der Waals surface area contributed by atoms with Gasteiger partial charge in [-0.3, -0.25) is 0 Å². The number of halogens is 1. The summed E-state index contributed by atoms with van der Waals surface area (Å²) in [7, 11) is -2.64. The van der Waals surface area contributed by atoms with Crippen molar-refractivity contribution in [1.82, 2.24) is 0 Å². The minimum Gasteiger partial charge on any atom is -0.196 e. The molecule has 1 atom stereocenters. The van der Waals surface area contributed by atoms with Crippen molar-refractivity contribution in [1.29, 1.82) is 5.26 Å². The van der Waals surface area contributed by atoms with Crippen molar-refractivity contribution in [2.24, 2.45) is 0 Å². The van der Waals surface area contributed by atoms with E-state index in [2.05, 4.69) is 6.07 Å². The molecule has 0 aromatic heterocycles. The molecule has 1 nitrogen and oxygen atoms in total. The Labute approximate surface area is 171 Å². The molecular weight excluding hydrogens is 376 g/mol. The SMILES string of the molecule is N#Cc1ccc(C(F)[P+](c2ccccc2)(c2ccccc2)c2ccccc2)cc1. The standard InChI is InChI=1S/C26H20FNP/c27-26(22-18-16-21(20-28)17-19-22)29(23-10-4-1-5-11-23,24-12-6-2-7-13-24)25-14-8-3-9-15-25/h1-19,26H/q+1. The highest BCUT2D eigenvalue weighted by Gasteiger charge is 2.53. The highest BCUT2D eigenvalue weighted by atomic mass is 31.2. The predicted octanol–water partition coefficient (Wildman–Crippen LogP) is 5.52. The van der Waals surface area contributed by atoms with Gasteiger partial charge in [-0.15, -0.1) is 0 Å². The van der Waals surface area contributed by atoms with Crippen LogP contribution in [0.5, 0.6) is 0 Å². The topological polar surface area (TPSA) is 23.8 Å². The Morgan fingerprint density at radius 1 is 0.586 bits per heavy atom. The molecule has 1 unspecified atom stereocenters. The molecule has 140 valence electrons. The van der Waals surface area contributed by atoms with Gasteiger partial charge in [0.25, 0.3) is 0 Å². The van der Waals surface area contributed by atoms with Crippen LogP contribution in [0.3, 0.4) is 0 Å². The normalized spacial score (nSPS) is 12.1. The van der Waals surface area contributed by atoms with E-state index in [1.54, 1.807) is 24.3 Å². The minimum atomic E-state index is -2.64. The zero-order valence-corrected chi connectivity index (χ0v) is 16.7. The first-order valence-corrected chi connectivity index (χ1v) is 11.3. The molecule has 4 aromatic carbocycles. The Bertz CT molecular complexity index is 1010. The van der Waals surface area contributed by atoms with Gasteiger partial charge in [-0.2, -0.15) is 9.65 Å². The van der Waals surface area contributed by atoms with Crippen molar-refractivity contribution in [2.75, 3.05) is 0 Å². The van der Waals surface area contributed by atoms with Gasteiger partial charge in [0.05, 0.1) is 11.6 Å². The number of hydrogen-bond acceptors (Lipinski definition) is 1. The highest BCUT2D eigenvalue weighted by Crippen LogP contribution is 2.67. The molecule has 0 saturated carbocycles. The average molecular weight is 396 g/mol. The summed E-state index contributed by atoms with van der Waals surface area (Å²) in [4.78, 5) is 0. The van der Waals surface area contributed by atoms with E-state index in [0.29, 0.717) is 11.1 Å². The quantitative estimate of drug-likeness (QED) is 0.408. The Kier molecular flexibility index (Phi) is 5.52. The van der Waals surface area contributed by atoms with Crippen LogP contribution in [0.1, 0.15) is 17.0 Å². The highest BCUT2D eigenvalue weighted by molar-refractivity contribution is 7.95. The van der Waals surface area contributed by atoms with Crippen LogP contribution in [0.25, 0.3) is 0 Å². The van der Waals surface area contributed by atoms with Gasteiger partial charge < -0.3 is 0 Å². The lowest BCUT2D eigenvalue weighted by Crippen LogP contribution is -2.34. The molecular formula is C26H20FNP+. The molecule has 0 saturated heterocycles. The molecule has 0 aliphatic heterocycles. The number of benzene rings is 4. The number of hydrogen-bond donors (Lipinski definition) is 0. The lowest BCUT2D eigenvalue weighted by molar-refractivity contribution is 0.461.